The fraction of sp³-hybridized carbons (Fsp3) is 0.259. The van der Waals surface area contributed by atoms with Gasteiger partial charge in [-0.3, -0.25) is 4.99 Å². The van der Waals surface area contributed by atoms with Gasteiger partial charge >= 0.3 is 6.16 Å². The van der Waals surface area contributed by atoms with Crippen molar-refractivity contribution in [2.75, 3.05) is 26.4 Å². The van der Waals surface area contributed by atoms with E-state index < -0.39 is 6.16 Å². The van der Waals surface area contributed by atoms with Gasteiger partial charge in [0.1, 0.15) is 24.7 Å². The number of ether oxygens (including phenoxy) is 4. The first-order valence-electron chi connectivity index (χ1n) is 11.1. The zero-order valence-corrected chi connectivity index (χ0v) is 18.7. The van der Waals surface area contributed by atoms with E-state index in [4.69, 9.17) is 23.9 Å². The Kier molecular flexibility index (Phi) is 7.59. The zero-order chi connectivity index (χ0) is 22.9. The smallest absolute Gasteiger partial charge is 0.491 e. The molecule has 1 heterocycles. The maximum Gasteiger partial charge on any atom is 0.508 e. The zero-order valence-electron chi connectivity index (χ0n) is 18.7. The lowest BCUT2D eigenvalue weighted by Crippen LogP contribution is -2.12. The summed E-state index contributed by atoms with van der Waals surface area (Å²) in [7, 11) is 0. The Labute approximate surface area is 193 Å². The monoisotopic (exact) mass is 445 g/mol. The Morgan fingerprint density at radius 1 is 0.970 bits per heavy atom. The normalized spacial score (nSPS) is 12.6. The quantitative estimate of drug-likeness (QED) is 0.445. The van der Waals surface area contributed by atoms with Gasteiger partial charge in [-0.1, -0.05) is 54.6 Å². The molecule has 1 aliphatic heterocycles. The van der Waals surface area contributed by atoms with E-state index in [1.54, 1.807) is 6.92 Å². The van der Waals surface area contributed by atoms with Crippen molar-refractivity contribution in [2.45, 2.75) is 20.0 Å². The van der Waals surface area contributed by atoms with Crippen molar-refractivity contribution in [2.24, 2.45) is 4.99 Å². The Morgan fingerprint density at radius 2 is 1.79 bits per heavy atom. The molecule has 0 aliphatic carbocycles. The summed E-state index contributed by atoms with van der Waals surface area (Å²) in [6.07, 6.45) is -0.0915. The van der Waals surface area contributed by atoms with Crippen molar-refractivity contribution in [1.82, 2.24) is 0 Å². The first kappa shape index (κ1) is 22.4. The molecule has 0 atom stereocenters. The van der Waals surface area contributed by atoms with Crippen LogP contribution in [-0.4, -0.2) is 38.2 Å². The van der Waals surface area contributed by atoms with Gasteiger partial charge in [0.05, 0.1) is 25.5 Å². The highest BCUT2D eigenvalue weighted by Gasteiger charge is 2.19. The van der Waals surface area contributed by atoms with Crippen LogP contribution in [0.1, 0.15) is 29.2 Å². The molecule has 4 rings (SSSR count). The average molecular weight is 446 g/mol. The van der Waals surface area contributed by atoms with Crippen molar-refractivity contribution in [3.8, 4) is 11.5 Å². The summed E-state index contributed by atoms with van der Waals surface area (Å²) in [6, 6.07) is 23.9. The van der Waals surface area contributed by atoms with Gasteiger partial charge in [-0.25, -0.2) is 4.79 Å². The molecule has 0 radical (unpaired) electrons. The van der Waals surface area contributed by atoms with Crippen LogP contribution in [0.25, 0.3) is 0 Å². The molecule has 6 heteroatoms. The molecule has 0 fully saturated rings. The summed E-state index contributed by atoms with van der Waals surface area (Å²) >= 11 is 0. The van der Waals surface area contributed by atoms with Crippen LogP contribution in [0.5, 0.6) is 11.5 Å². The van der Waals surface area contributed by atoms with Gasteiger partial charge in [-0.2, -0.15) is 0 Å². The molecular formula is C27H27NO5. The van der Waals surface area contributed by atoms with E-state index in [-0.39, 0.29) is 6.61 Å². The first-order chi connectivity index (χ1) is 16.2. The van der Waals surface area contributed by atoms with Gasteiger partial charge in [0.25, 0.3) is 0 Å². The second-order valence-electron chi connectivity index (χ2n) is 7.45. The van der Waals surface area contributed by atoms with Gasteiger partial charge in [-0.15, -0.1) is 0 Å². The number of carbonyl (C=O) groups excluding carboxylic acids is 1. The second-order valence-corrected chi connectivity index (χ2v) is 7.45. The molecule has 3 aromatic rings. The minimum atomic E-state index is -0.649. The summed E-state index contributed by atoms with van der Waals surface area (Å²) in [5, 5.41) is 0. The average Bonchev–Trinajstić information content (AvgIpc) is 3.06. The molecule has 0 saturated carbocycles. The largest absolute Gasteiger partial charge is 0.508 e. The van der Waals surface area contributed by atoms with Crippen LogP contribution in [-0.2, 0) is 22.5 Å². The molecule has 170 valence electrons. The van der Waals surface area contributed by atoms with E-state index in [9.17, 15) is 4.79 Å². The summed E-state index contributed by atoms with van der Waals surface area (Å²) in [6.45, 7) is 3.81. The lowest BCUT2D eigenvalue weighted by atomic mass is 9.95. The lowest BCUT2D eigenvalue weighted by molar-refractivity contribution is 0.0599. The third kappa shape index (κ3) is 5.92. The van der Waals surface area contributed by atoms with Crippen LogP contribution in [0.3, 0.4) is 0 Å². The molecule has 33 heavy (non-hydrogen) atoms. The SMILES string of the molecule is CCOC(=O)OCCc1ccccc1C1=NCCOc2cc(OCc3ccccc3)ccc21. The maximum absolute atomic E-state index is 11.5. The van der Waals surface area contributed by atoms with E-state index in [1.807, 2.05) is 72.8 Å². The van der Waals surface area contributed by atoms with Crippen LogP contribution in [0, 0.1) is 0 Å². The number of nitrogens with zero attached hydrogens (tertiary/aromatic N) is 1. The minimum absolute atomic E-state index is 0.235. The summed E-state index contributed by atoms with van der Waals surface area (Å²) in [5.41, 5.74) is 4.92. The van der Waals surface area contributed by atoms with Crippen molar-refractivity contribution < 1.29 is 23.7 Å². The van der Waals surface area contributed by atoms with Gasteiger partial charge in [0, 0.05) is 23.6 Å². The standard InChI is InChI=1S/C27H27NO5/c1-2-30-27(29)32-16-14-21-10-6-7-11-23(21)26-24-13-12-22(18-25(24)31-17-15-28-26)33-19-20-8-4-3-5-9-20/h3-13,18H,2,14-17,19H2,1H3. The molecule has 0 amide bonds. The van der Waals surface area contributed by atoms with Crippen LogP contribution >= 0.6 is 0 Å². The van der Waals surface area contributed by atoms with Crippen molar-refractivity contribution in [1.29, 1.82) is 0 Å². The van der Waals surface area contributed by atoms with Gasteiger partial charge < -0.3 is 18.9 Å². The van der Waals surface area contributed by atoms with Crippen LogP contribution in [0.4, 0.5) is 4.79 Å². The Hall–Kier alpha value is -3.80. The fourth-order valence-corrected chi connectivity index (χ4v) is 3.65. The first-order valence-corrected chi connectivity index (χ1v) is 11.1. The maximum atomic E-state index is 11.5. The molecule has 0 unspecified atom stereocenters. The molecule has 6 nitrogen and oxygen atoms in total. The highest BCUT2D eigenvalue weighted by Crippen LogP contribution is 2.30. The second kappa shape index (κ2) is 11.2. The highest BCUT2D eigenvalue weighted by atomic mass is 16.7. The molecule has 0 spiro atoms. The molecular weight excluding hydrogens is 418 g/mol. The summed E-state index contributed by atoms with van der Waals surface area (Å²) < 4.78 is 22.0. The van der Waals surface area contributed by atoms with E-state index >= 15 is 0 Å². The molecule has 1 aliphatic rings. The molecule has 0 aromatic heterocycles. The third-order valence-electron chi connectivity index (χ3n) is 5.20. The van der Waals surface area contributed by atoms with Crippen LogP contribution in [0.2, 0.25) is 0 Å². The van der Waals surface area contributed by atoms with E-state index in [0.29, 0.717) is 32.8 Å². The Morgan fingerprint density at radius 3 is 2.64 bits per heavy atom. The number of fused-ring (bicyclic) bond motifs is 1. The number of rotatable bonds is 8. The number of benzene rings is 3. The minimum Gasteiger partial charge on any atom is -0.491 e. The van der Waals surface area contributed by atoms with E-state index in [0.717, 1.165) is 39.5 Å². The van der Waals surface area contributed by atoms with Crippen molar-refractivity contribution in [3.63, 3.8) is 0 Å². The molecule has 3 aromatic carbocycles. The van der Waals surface area contributed by atoms with Crippen LogP contribution in [0.15, 0.2) is 77.8 Å². The number of hydrogen-bond donors (Lipinski definition) is 0. The highest BCUT2D eigenvalue weighted by molar-refractivity contribution is 6.15. The molecule has 0 bridgehead atoms. The fourth-order valence-electron chi connectivity index (χ4n) is 3.65. The van der Waals surface area contributed by atoms with Gasteiger partial charge in [0.2, 0.25) is 0 Å². The van der Waals surface area contributed by atoms with Crippen LogP contribution < -0.4 is 9.47 Å². The summed E-state index contributed by atoms with van der Waals surface area (Å²) in [4.78, 5) is 16.3. The van der Waals surface area contributed by atoms with Crippen molar-refractivity contribution in [3.05, 3.63) is 95.1 Å². The Bertz CT molecular complexity index is 1110. The van der Waals surface area contributed by atoms with Gasteiger partial charge in [0.15, 0.2) is 0 Å². The lowest BCUT2D eigenvalue weighted by Gasteiger charge is -2.15. The van der Waals surface area contributed by atoms with E-state index in [1.165, 1.54) is 0 Å². The number of hydrogen-bond acceptors (Lipinski definition) is 6. The number of aliphatic imine (C=N–C) groups is 1. The predicted molar refractivity (Wildman–Crippen MR) is 126 cm³/mol. The predicted octanol–water partition coefficient (Wildman–Crippen LogP) is 5.21. The molecule has 0 N–H and O–H groups in total. The Balaban J connectivity index is 1.53. The van der Waals surface area contributed by atoms with Gasteiger partial charge in [-0.05, 0) is 30.2 Å². The van der Waals surface area contributed by atoms with Crippen molar-refractivity contribution >= 4 is 11.9 Å². The van der Waals surface area contributed by atoms with E-state index in [2.05, 4.69) is 0 Å². The molecule has 0 saturated heterocycles. The topological polar surface area (TPSA) is 66.4 Å². The number of carbonyl (C=O) groups is 1. The summed E-state index contributed by atoms with van der Waals surface area (Å²) in [5.74, 6) is 1.49. The third-order valence-corrected chi connectivity index (χ3v) is 5.20.